The Bertz CT molecular complexity index is 3050. The lowest BCUT2D eigenvalue weighted by atomic mass is 9.82. The van der Waals surface area contributed by atoms with Crippen molar-refractivity contribution in [2.24, 2.45) is 0 Å². The van der Waals surface area contributed by atoms with E-state index in [1.165, 1.54) is 99.5 Å². The molecule has 11 rings (SSSR count). The molecule has 0 N–H and O–H groups in total. The summed E-state index contributed by atoms with van der Waals surface area (Å²) in [5.41, 5.74) is 17.5. The lowest BCUT2D eigenvalue weighted by molar-refractivity contribution is 0.661. The van der Waals surface area contributed by atoms with E-state index in [0.717, 1.165) is 0 Å². The van der Waals surface area contributed by atoms with Crippen molar-refractivity contribution in [3.8, 4) is 44.8 Å². The smallest absolute Gasteiger partial charge is 0.0622 e. The molecule has 2 nitrogen and oxygen atoms in total. The molecule has 1 aliphatic carbocycles. The van der Waals surface area contributed by atoms with Crippen molar-refractivity contribution in [3.63, 3.8) is 0 Å². The quantitative estimate of drug-likeness (QED) is 0.176. The highest BCUT2D eigenvalue weighted by molar-refractivity contribution is 6.17. The lowest BCUT2D eigenvalue weighted by Crippen LogP contribution is -2.14. The van der Waals surface area contributed by atoms with E-state index in [0.29, 0.717) is 0 Å². The predicted molar refractivity (Wildman–Crippen MR) is 224 cm³/mol. The zero-order chi connectivity index (χ0) is 35.3. The van der Waals surface area contributed by atoms with Gasteiger partial charge in [0.25, 0.3) is 0 Å². The van der Waals surface area contributed by atoms with Gasteiger partial charge in [0.15, 0.2) is 0 Å². The first-order chi connectivity index (χ1) is 26.1. The number of benzene rings is 8. The van der Waals surface area contributed by atoms with Crippen LogP contribution < -0.4 is 0 Å². The molecule has 2 heterocycles. The van der Waals surface area contributed by atoms with Crippen LogP contribution in [0.5, 0.6) is 0 Å². The maximum atomic E-state index is 2.51. The average Bonchev–Trinajstić information content (AvgIpc) is 3.81. The topological polar surface area (TPSA) is 9.86 Å². The molecule has 0 spiro atoms. The Morgan fingerprint density at radius 3 is 1.66 bits per heavy atom. The SMILES string of the molecule is CC1(C)c2ccccc2-c2c1ccc1c3cc(-c4ccc5c(c4)c4ccccc4n5-c4ccccc4)ccc3n(-c3ccc(-c4ccccc4)cc3)c21. The summed E-state index contributed by atoms with van der Waals surface area (Å²) in [5.74, 6) is 0. The number of hydrogen-bond acceptors (Lipinski definition) is 0. The van der Waals surface area contributed by atoms with Crippen molar-refractivity contribution in [2.75, 3.05) is 0 Å². The molecule has 0 bridgehead atoms. The molecule has 10 aromatic rings. The maximum Gasteiger partial charge on any atom is 0.0622 e. The van der Waals surface area contributed by atoms with E-state index in [2.05, 4.69) is 205 Å². The van der Waals surface area contributed by atoms with Crippen LogP contribution in [0.15, 0.2) is 182 Å². The van der Waals surface area contributed by atoms with Gasteiger partial charge in [-0.15, -0.1) is 0 Å². The first kappa shape index (κ1) is 30.0. The molecule has 0 atom stereocenters. The minimum absolute atomic E-state index is 0.0852. The molecule has 0 saturated heterocycles. The zero-order valence-electron chi connectivity index (χ0n) is 29.7. The van der Waals surface area contributed by atoms with Gasteiger partial charge >= 0.3 is 0 Å². The number of hydrogen-bond donors (Lipinski definition) is 0. The number of aromatic nitrogens is 2. The van der Waals surface area contributed by atoms with E-state index < -0.39 is 0 Å². The van der Waals surface area contributed by atoms with Crippen LogP contribution in [-0.2, 0) is 5.41 Å². The van der Waals surface area contributed by atoms with E-state index in [-0.39, 0.29) is 5.41 Å². The van der Waals surface area contributed by atoms with Crippen molar-refractivity contribution in [2.45, 2.75) is 19.3 Å². The van der Waals surface area contributed by atoms with Crippen molar-refractivity contribution >= 4 is 43.6 Å². The molecule has 2 heteroatoms. The molecular weight excluding hydrogens is 641 g/mol. The average molecular weight is 677 g/mol. The Morgan fingerprint density at radius 2 is 0.906 bits per heavy atom. The third-order valence-electron chi connectivity index (χ3n) is 11.7. The molecule has 0 amide bonds. The monoisotopic (exact) mass is 676 g/mol. The fourth-order valence-electron chi connectivity index (χ4n) is 9.18. The van der Waals surface area contributed by atoms with Gasteiger partial charge in [-0.2, -0.15) is 0 Å². The maximum absolute atomic E-state index is 2.51. The van der Waals surface area contributed by atoms with Crippen LogP contribution >= 0.6 is 0 Å². The number of fused-ring (bicyclic) bond motifs is 10. The zero-order valence-corrected chi connectivity index (χ0v) is 29.7. The van der Waals surface area contributed by atoms with Crippen LogP contribution in [0.4, 0.5) is 0 Å². The Kier molecular flexibility index (Phi) is 6.33. The Hall–Kier alpha value is -6.64. The second kappa shape index (κ2) is 11.2. The third kappa shape index (κ3) is 4.33. The Balaban J connectivity index is 1.15. The minimum atomic E-state index is -0.0852. The summed E-state index contributed by atoms with van der Waals surface area (Å²) in [6, 6.07) is 67.0. The highest BCUT2D eigenvalue weighted by atomic mass is 15.0. The van der Waals surface area contributed by atoms with Gasteiger partial charge in [-0.05, 0) is 93.5 Å². The summed E-state index contributed by atoms with van der Waals surface area (Å²) in [7, 11) is 0. The van der Waals surface area contributed by atoms with Crippen LogP contribution in [0.3, 0.4) is 0 Å². The first-order valence-electron chi connectivity index (χ1n) is 18.5. The van der Waals surface area contributed by atoms with Gasteiger partial charge in [0, 0.05) is 43.9 Å². The standard InChI is InChI=1S/C51H36N2/c1-51(2)44-19-11-9-18-41(44)49-45(51)28-27-40-43-32-36(24-30-48(43)53(50(40)49)38-25-21-34(22-26-38)33-13-5-3-6-14-33)35-23-29-47-42(31-35)39-17-10-12-20-46(39)52(47)37-15-7-4-8-16-37/h3-32H,1-2H3. The van der Waals surface area contributed by atoms with Crippen molar-refractivity contribution in [1.29, 1.82) is 0 Å². The minimum Gasteiger partial charge on any atom is -0.309 e. The molecule has 2 aromatic heterocycles. The second-order valence-electron chi connectivity index (χ2n) is 15.0. The molecule has 1 aliphatic rings. The molecule has 0 radical (unpaired) electrons. The summed E-state index contributed by atoms with van der Waals surface area (Å²) in [6.07, 6.45) is 0. The van der Waals surface area contributed by atoms with Crippen molar-refractivity contribution in [1.82, 2.24) is 9.13 Å². The largest absolute Gasteiger partial charge is 0.309 e. The van der Waals surface area contributed by atoms with Crippen LogP contribution in [0.1, 0.15) is 25.0 Å². The normalized spacial score (nSPS) is 13.2. The van der Waals surface area contributed by atoms with E-state index in [1.807, 2.05) is 0 Å². The summed E-state index contributed by atoms with van der Waals surface area (Å²) in [6.45, 7) is 4.74. The van der Waals surface area contributed by atoms with E-state index in [9.17, 15) is 0 Å². The fraction of sp³-hybridized carbons (Fsp3) is 0.0588. The van der Waals surface area contributed by atoms with Crippen LogP contribution in [-0.4, -0.2) is 9.13 Å². The van der Waals surface area contributed by atoms with Gasteiger partial charge in [-0.25, -0.2) is 0 Å². The van der Waals surface area contributed by atoms with Gasteiger partial charge < -0.3 is 9.13 Å². The van der Waals surface area contributed by atoms with E-state index in [1.54, 1.807) is 0 Å². The van der Waals surface area contributed by atoms with Crippen molar-refractivity contribution in [3.05, 3.63) is 193 Å². The molecule has 250 valence electrons. The van der Waals surface area contributed by atoms with Gasteiger partial charge in [-0.3, -0.25) is 0 Å². The van der Waals surface area contributed by atoms with Crippen LogP contribution in [0, 0.1) is 0 Å². The number of para-hydroxylation sites is 2. The molecular formula is C51H36N2. The number of rotatable bonds is 4. The van der Waals surface area contributed by atoms with Gasteiger partial charge in [0.2, 0.25) is 0 Å². The van der Waals surface area contributed by atoms with Crippen molar-refractivity contribution < 1.29 is 0 Å². The van der Waals surface area contributed by atoms with Gasteiger partial charge in [-0.1, -0.05) is 141 Å². The third-order valence-corrected chi connectivity index (χ3v) is 11.7. The summed E-state index contributed by atoms with van der Waals surface area (Å²) in [5, 5.41) is 5.07. The summed E-state index contributed by atoms with van der Waals surface area (Å²) in [4.78, 5) is 0. The van der Waals surface area contributed by atoms with Gasteiger partial charge in [0.1, 0.15) is 0 Å². The number of nitrogens with zero attached hydrogens (tertiary/aromatic N) is 2. The Morgan fingerprint density at radius 1 is 0.358 bits per heavy atom. The fourth-order valence-corrected chi connectivity index (χ4v) is 9.18. The molecule has 8 aromatic carbocycles. The predicted octanol–water partition coefficient (Wildman–Crippen LogP) is 13.5. The van der Waals surface area contributed by atoms with Crippen LogP contribution in [0.25, 0.3) is 88.4 Å². The highest BCUT2D eigenvalue weighted by Crippen LogP contribution is 2.53. The highest BCUT2D eigenvalue weighted by Gasteiger charge is 2.37. The lowest BCUT2D eigenvalue weighted by Gasteiger charge is -2.21. The molecule has 0 aliphatic heterocycles. The summed E-state index contributed by atoms with van der Waals surface area (Å²) >= 11 is 0. The molecule has 53 heavy (non-hydrogen) atoms. The first-order valence-corrected chi connectivity index (χ1v) is 18.5. The van der Waals surface area contributed by atoms with E-state index in [4.69, 9.17) is 0 Å². The molecule has 0 saturated carbocycles. The summed E-state index contributed by atoms with van der Waals surface area (Å²) < 4.78 is 4.89. The van der Waals surface area contributed by atoms with Crippen LogP contribution in [0.2, 0.25) is 0 Å². The molecule has 0 unspecified atom stereocenters. The van der Waals surface area contributed by atoms with E-state index >= 15 is 0 Å². The molecule has 0 fully saturated rings. The van der Waals surface area contributed by atoms with Gasteiger partial charge in [0.05, 0.1) is 22.1 Å². The Labute approximate surface area is 308 Å². The second-order valence-corrected chi connectivity index (χ2v) is 15.0.